The molecule has 1 saturated carbocycles. The Morgan fingerprint density at radius 2 is 2.18 bits per heavy atom. The van der Waals surface area contributed by atoms with E-state index in [2.05, 4.69) is 24.1 Å². The third kappa shape index (κ3) is 3.43. The largest absolute Gasteiger partial charge is 0.376 e. The second-order valence-corrected chi connectivity index (χ2v) is 5.45. The number of hydrogen-bond acceptors (Lipinski definition) is 3. The van der Waals surface area contributed by atoms with Crippen molar-refractivity contribution in [1.82, 2.24) is 10.2 Å². The number of ether oxygens (including phenoxy) is 1. The first-order valence-electron chi connectivity index (χ1n) is 7.44. The summed E-state index contributed by atoms with van der Waals surface area (Å²) in [5.74, 6) is 0. The van der Waals surface area contributed by atoms with Gasteiger partial charge < -0.3 is 10.1 Å². The summed E-state index contributed by atoms with van der Waals surface area (Å²) in [4.78, 5) is 2.68. The van der Waals surface area contributed by atoms with Gasteiger partial charge in [-0.3, -0.25) is 4.90 Å². The molecule has 1 aliphatic carbocycles. The Balaban J connectivity index is 1.86. The van der Waals surface area contributed by atoms with E-state index >= 15 is 0 Å². The fourth-order valence-corrected chi connectivity index (χ4v) is 3.24. The van der Waals surface area contributed by atoms with E-state index in [4.69, 9.17) is 4.74 Å². The molecule has 1 heterocycles. The maximum absolute atomic E-state index is 5.77. The average molecular weight is 240 g/mol. The standard InChI is InChI=1S/C14H28N2O/c1-3-8-15-13-6-5-7-14(13)16-9-10-17-12(4-2)11-16/h12-15H,3-11H2,1-2H3. The molecule has 0 bridgehead atoms. The van der Waals surface area contributed by atoms with Crippen molar-refractivity contribution >= 4 is 0 Å². The lowest BCUT2D eigenvalue weighted by Crippen LogP contribution is -2.53. The van der Waals surface area contributed by atoms with Crippen molar-refractivity contribution in [3.8, 4) is 0 Å². The summed E-state index contributed by atoms with van der Waals surface area (Å²) in [5, 5.41) is 3.73. The van der Waals surface area contributed by atoms with Gasteiger partial charge in [0.1, 0.15) is 0 Å². The molecule has 17 heavy (non-hydrogen) atoms. The molecular formula is C14H28N2O. The van der Waals surface area contributed by atoms with Gasteiger partial charge in [0.05, 0.1) is 12.7 Å². The lowest BCUT2D eigenvalue weighted by atomic mass is 10.1. The fraction of sp³-hybridized carbons (Fsp3) is 1.00. The van der Waals surface area contributed by atoms with Gasteiger partial charge in [0.15, 0.2) is 0 Å². The van der Waals surface area contributed by atoms with E-state index in [1.165, 1.54) is 32.2 Å². The van der Waals surface area contributed by atoms with Crippen molar-refractivity contribution in [2.75, 3.05) is 26.2 Å². The summed E-state index contributed by atoms with van der Waals surface area (Å²) in [6.07, 6.45) is 6.98. The lowest BCUT2D eigenvalue weighted by molar-refractivity contribution is -0.0467. The van der Waals surface area contributed by atoms with Gasteiger partial charge in [0, 0.05) is 25.2 Å². The van der Waals surface area contributed by atoms with Gasteiger partial charge in [-0.25, -0.2) is 0 Å². The van der Waals surface area contributed by atoms with E-state index in [1.54, 1.807) is 0 Å². The molecule has 0 aromatic heterocycles. The zero-order chi connectivity index (χ0) is 12.1. The van der Waals surface area contributed by atoms with Gasteiger partial charge >= 0.3 is 0 Å². The van der Waals surface area contributed by atoms with Crippen molar-refractivity contribution in [1.29, 1.82) is 0 Å². The molecule has 3 heteroatoms. The van der Waals surface area contributed by atoms with Gasteiger partial charge in [-0.2, -0.15) is 0 Å². The van der Waals surface area contributed by atoms with Crippen LogP contribution in [-0.2, 0) is 4.74 Å². The molecule has 2 fully saturated rings. The van der Waals surface area contributed by atoms with E-state index in [0.29, 0.717) is 6.10 Å². The second kappa shape index (κ2) is 6.72. The molecule has 1 aliphatic heterocycles. The van der Waals surface area contributed by atoms with Crippen molar-refractivity contribution in [3.63, 3.8) is 0 Å². The van der Waals surface area contributed by atoms with E-state index in [-0.39, 0.29) is 0 Å². The minimum absolute atomic E-state index is 0.469. The maximum atomic E-state index is 5.77. The molecule has 3 atom stereocenters. The van der Waals surface area contributed by atoms with Gasteiger partial charge in [0.2, 0.25) is 0 Å². The monoisotopic (exact) mass is 240 g/mol. The van der Waals surface area contributed by atoms with Gasteiger partial charge in [-0.05, 0) is 32.2 Å². The number of nitrogens with zero attached hydrogens (tertiary/aromatic N) is 1. The highest BCUT2D eigenvalue weighted by Crippen LogP contribution is 2.26. The van der Waals surface area contributed by atoms with Crippen molar-refractivity contribution < 1.29 is 4.74 Å². The molecule has 100 valence electrons. The zero-order valence-corrected chi connectivity index (χ0v) is 11.5. The number of rotatable bonds is 5. The van der Waals surface area contributed by atoms with Crippen LogP contribution >= 0.6 is 0 Å². The van der Waals surface area contributed by atoms with Gasteiger partial charge in [-0.15, -0.1) is 0 Å². The third-order valence-corrected chi connectivity index (χ3v) is 4.23. The van der Waals surface area contributed by atoms with E-state index < -0.39 is 0 Å². The molecule has 0 radical (unpaired) electrons. The molecule has 0 spiro atoms. The molecule has 1 saturated heterocycles. The minimum atomic E-state index is 0.469. The highest BCUT2D eigenvalue weighted by atomic mass is 16.5. The van der Waals surface area contributed by atoms with Crippen molar-refractivity contribution in [2.45, 2.75) is 64.1 Å². The molecule has 3 nitrogen and oxygen atoms in total. The fourth-order valence-electron chi connectivity index (χ4n) is 3.24. The Kier molecular flexibility index (Phi) is 5.26. The molecule has 1 N–H and O–H groups in total. The van der Waals surface area contributed by atoms with E-state index in [1.807, 2.05) is 0 Å². The maximum Gasteiger partial charge on any atom is 0.0700 e. The highest BCUT2D eigenvalue weighted by molar-refractivity contribution is 4.92. The Morgan fingerprint density at radius 1 is 1.29 bits per heavy atom. The summed E-state index contributed by atoms with van der Waals surface area (Å²) in [7, 11) is 0. The summed E-state index contributed by atoms with van der Waals surface area (Å²) < 4.78 is 5.77. The first-order valence-corrected chi connectivity index (χ1v) is 7.44. The molecule has 2 aliphatic rings. The summed E-state index contributed by atoms with van der Waals surface area (Å²) in [5.41, 5.74) is 0. The van der Waals surface area contributed by atoms with Gasteiger partial charge in [0.25, 0.3) is 0 Å². The molecule has 0 amide bonds. The van der Waals surface area contributed by atoms with Crippen molar-refractivity contribution in [3.05, 3.63) is 0 Å². The molecule has 0 aromatic carbocycles. The Bertz CT molecular complexity index is 222. The molecule has 2 rings (SSSR count). The lowest BCUT2D eigenvalue weighted by Gasteiger charge is -2.39. The molecule has 3 unspecified atom stereocenters. The summed E-state index contributed by atoms with van der Waals surface area (Å²) in [6, 6.07) is 1.49. The van der Waals surface area contributed by atoms with E-state index in [9.17, 15) is 0 Å². The van der Waals surface area contributed by atoms with Crippen LogP contribution in [0.15, 0.2) is 0 Å². The normalized spacial score (nSPS) is 35.3. The predicted molar refractivity (Wildman–Crippen MR) is 71.3 cm³/mol. The first kappa shape index (κ1) is 13.3. The van der Waals surface area contributed by atoms with Crippen LogP contribution in [0.2, 0.25) is 0 Å². The number of morpholine rings is 1. The smallest absolute Gasteiger partial charge is 0.0700 e. The third-order valence-electron chi connectivity index (χ3n) is 4.23. The van der Waals surface area contributed by atoms with Crippen LogP contribution in [-0.4, -0.2) is 49.3 Å². The van der Waals surface area contributed by atoms with Crippen LogP contribution < -0.4 is 5.32 Å². The number of nitrogens with one attached hydrogen (secondary N) is 1. The van der Waals surface area contributed by atoms with Gasteiger partial charge in [-0.1, -0.05) is 20.3 Å². The van der Waals surface area contributed by atoms with Crippen LogP contribution in [0, 0.1) is 0 Å². The molecule has 0 aromatic rings. The second-order valence-electron chi connectivity index (χ2n) is 5.45. The zero-order valence-electron chi connectivity index (χ0n) is 11.5. The van der Waals surface area contributed by atoms with Crippen LogP contribution in [0.4, 0.5) is 0 Å². The average Bonchev–Trinajstić information content (AvgIpc) is 2.84. The van der Waals surface area contributed by atoms with E-state index in [0.717, 1.165) is 38.2 Å². The summed E-state index contributed by atoms with van der Waals surface area (Å²) >= 11 is 0. The molecular weight excluding hydrogens is 212 g/mol. The SMILES string of the molecule is CCCNC1CCCC1N1CCOC(CC)C1. The van der Waals surface area contributed by atoms with Crippen LogP contribution in [0.3, 0.4) is 0 Å². The van der Waals surface area contributed by atoms with Crippen LogP contribution in [0.5, 0.6) is 0 Å². The van der Waals surface area contributed by atoms with Crippen LogP contribution in [0.1, 0.15) is 46.0 Å². The topological polar surface area (TPSA) is 24.5 Å². The Hall–Kier alpha value is -0.120. The Morgan fingerprint density at radius 3 is 2.94 bits per heavy atom. The summed E-state index contributed by atoms with van der Waals surface area (Å²) in [6.45, 7) is 8.85. The first-order chi connectivity index (χ1) is 8.35. The number of hydrogen-bond donors (Lipinski definition) is 1. The highest BCUT2D eigenvalue weighted by Gasteiger charge is 2.34. The van der Waals surface area contributed by atoms with Crippen molar-refractivity contribution in [2.24, 2.45) is 0 Å². The predicted octanol–water partition coefficient (Wildman–Crippen LogP) is 2.02. The van der Waals surface area contributed by atoms with Crippen LogP contribution in [0.25, 0.3) is 0 Å². The quantitative estimate of drug-likeness (QED) is 0.795. The minimum Gasteiger partial charge on any atom is -0.376 e. The Labute approximate surface area is 106 Å².